The molecule has 0 unspecified atom stereocenters. The predicted molar refractivity (Wildman–Crippen MR) is 45.8 cm³/mol. The molecule has 12 heavy (non-hydrogen) atoms. The van der Waals surface area contributed by atoms with Gasteiger partial charge in [-0.3, -0.25) is 9.69 Å². The van der Waals surface area contributed by atoms with E-state index in [1.807, 2.05) is 6.92 Å². The van der Waals surface area contributed by atoms with E-state index in [2.05, 4.69) is 4.90 Å². The van der Waals surface area contributed by atoms with Gasteiger partial charge in [0, 0.05) is 32.2 Å². The summed E-state index contributed by atoms with van der Waals surface area (Å²) in [4.78, 5) is 14.5. The summed E-state index contributed by atoms with van der Waals surface area (Å²) >= 11 is 0. The molecule has 0 spiro atoms. The number of aliphatic hydroxyl groups is 1. The molecule has 4 heteroatoms. The SMILES string of the molecule is C[C@@H]1CN(CCO)CCN1C=O. The molecule has 0 aromatic heterocycles. The lowest BCUT2D eigenvalue weighted by molar-refractivity contribution is -0.122. The van der Waals surface area contributed by atoms with E-state index in [1.54, 1.807) is 4.90 Å². The second-order valence-corrected chi connectivity index (χ2v) is 3.22. The van der Waals surface area contributed by atoms with Crippen molar-refractivity contribution < 1.29 is 9.90 Å². The summed E-state index contributed by atoms with van der Waals surface area (Å²) in [6, 6.07) is 0.280. The number of β-amino-alcohol motifs (C(OH)–C–C–N with tert-alkyl or cyclic N) is 1. The molecule has 0 aromatic rings. The molecule has 0 aromatic carbocycles. The molecule has 70 valence electrons. The first-order valence-corrected chi connectivity index (χ1v) is 4.32. The third-order valence-corrected chi connectivity index (χ3v) is 2.31. The number of hydrogen-bond acceptors (Lipinski definition) is 3. The van der Waals surface area contributed by atoms with Crippen LogP contribution in [0.1, 0.15) is 6.92 Å². The first kappa shape index (κ1) is 9.48. The van der Waals surface area contributed by atoms with Gasteiger partial charge in [-0.1, -0.05) is 0 Å². The van der Waals surface area contributed by atoms with Crippen LogP contribution in [-0.2, 0) is 4.79 Å². The Morgan fingerprint density at radius 1 is 1.58 bits per heavy atom. The second kappa shape index (κ2) is 4.42. The van der Waals surface area contributed by atoms with Crippen LogP contribution in [-0.4, -0.2) is 60.1 Å². The van der Waals surface area contributed by atoms with Crippen LogP contribution >= 0.6 is 0 Å². The summed E-state index contributed by atoms with van der Waals surface area (Å²) in [6.45, 7) is 5.48. The van der Waals surface area contributed by atoms with Crippen molar-refractivity contribution in [2.24, 2.45) is 0 Å². The Morgan fingerprint density at radius 2 is 2.33 bits per heavy atom. The van der Waals surface area contributed by atoms with Crippen LogP contribution in [0.15, 0.2) is 0 Å². The topological polar surface area (TPSA) is 43.8 Å². The number of piperazine rings is 1. The van der Waals surface area contributed by atoms with E-state index in [9.17, 15) is 4.79 Å². The third kappa shape index (κ3) is 2.19. The summed E-state index contributed by atoms with van der Waals surface area (Å²) in [5.74, 6) is 0. The smallest absolute Gasteiger partial charge is 0.210 e. The monoisotopic (exact) mass is 172 g/mol. The van der Waals surface area contributed by atoms with Crippen molar-refractivity contribution >= 4 is 6.41 Å². The summed E-state index contributed by atoms with van der Waals surface area (Å²) in [6.07, 6.45) is 0.904. The third-order valence-electron chi connectivity index (χ3n) is 2.31. The number of amides is 1. The van der Waals surface area contributed by atoms with Crippen LogP contribution < -0.4 is 0 Å². The van der Waals surface area contributed by atoms with E-state index in [4.69, 9.17) is 5.11 Å². The van der Waals surface area contributed by atoms with Crippen molar-refractivity contribution in [1.29, 1.82) is 0 Å². The minimum absolute atomic E-state index is 0.202. The van der Waals surface area contributed by atoms with E-state index < -0.39 is 0 Å². The zero-order chi connectivity index (χ0) is 8.97. The van der Waals surface area contributed by atoms with Crippen LogP contribution in [0.25, 0.3) is 0 Å². The minimum Gasteiger partial charge on any atom is -0.395 e. The van der Waals surface area contributed by atoms with E-state index in [0.29, 0.717) is 0 Å². The van der Waals surface area contributed by atoms with Gasteiger partial charge in [-0.15, -0.1) is 0 Å². The molecule has 1 N–H and O–H groups in total. The van der Waals surface area contributed by atoms with Gasteiger partial charge in [0.15, 0.2) is 0 Å². The number of hydrogen-bond donors (Lipinski definition) is 1. The van der Waals surface area contributed by atoms with Gasteiger partial charge < -0.3 is 10.0 Å². The predicted octanol–water partition coefficient (Wildman–Crippen LogP) is -0.859. The average Bonchev–Trinajstić information content (AvgIpc) is 2.05. The zero-order valence-electron chi connectivity index (χ0n) is 7.44. The van der Waals surface area contributed by atoms with Gasteiger partial charge in [-0.25, -0.2) is 0 Å². The standard InChI is InChI=1S/C8H16N2O2/c1-8-6-9(4-5-11)2-3-10(8)7-12/h7-8,11H,2-6H2,1H3/t8-/m1/s1. The van der Waals surface area contributed by atoms with E-state index in [1.165, 1.54) is 0 Å². The van der Waals surface area contributed by atoms with Gasteiger partial charge in [0.05, 0.1) is 6.61 Å². The fourth-order valence-electron chi connectivity index (χ4n) is 1.55. The van der Waals surface area contributed by atoms with Crippen molar-refractivity contribution in [2.45, 2.75) is 13.0 Å². The highest BCUT2D eigenvalue weighted by Crippen LogP contribution is 2.05. The van der Waals surface area contributed by atoms with Crippen LogP contribution in [0, 0.1) is 0 Å². The number of nitrogens with zero attached hydrogens (tertiary/aromatic N) is 2. The molecular weight excluding hydrogens is 156 g/mol. The maximum atomic E-state index is 10.5. The molecule has 0 saturated carbocycles. The first-order chi connectivity index (χ1) is 5.77. The number of carbonyl (C=O) groups is 1. The number of carbonyl (C=O) groups excluding carboxylic acids is 1. The highest BCUT2D eigenvalue weighted by molar-refractivity contribution is 5.47. The summed E-state index contributed by atoms with van der Waals surface area (Å²) in [5.41, 5.74) is 0. The van der Waals surface area contributed by atoms with Crippen LogP contribution in [0.3, 0.4) is 0 Å². The zero-order valence-corrected chi connectivity index (χ0v) is 7.44. The van der Waals surface area contributed by atoms with Gasteiger partial charge in [0.1, 0.15) is 0 Å². The van der Waals surface area contributed by atoms with Crippen molar-refractivity contribution in [3.63, 3.8) is 0 Å². The van der Waals surface area contributed by atoms with Gasteiger partial charge >= 0.3 is 0 Å². The van der Waals surface area contributed by atoms with Crippen LogP contribution in [0.5, 0.6) is 0 Å². The summed E-state index contributed by atoms with van der Waals surface area (Å²) in [5, 5.41) is 8.70. The minimum atomic E-state index is 0.202. The molecule has 0 bridgehead atoms. The van der Waals surface area contributed by atoms with Gasteiger partial charge in [-0.05, 0) is 6.92 Å². The summed E-state index contributed by atoms with van der Waals surface area (Å²) < 4.78 is 0. The molecule has 1 saturated heterocycles. The van der Waals surface area contributed by atoms with Crippen LogP contribution in [0.4, 0.5) is 0 Å². The molecule has 1 aliphatic heterocycles. The van der Waals surface area contributed by atoms with E-state index >= 15 is 0 Å². The Hall–Kier alpha value is -0.610. The number of rotatable bonds is 3. The average molecular weight is 172 g/mol. The Balaban J connectivity index is 2.35. The highest BCUT2D eigenvalue weighted by atomic mass is 16.3. The molecule has 4 nitrogen and oxygen atoms in total. The van der Waals surface area contributed by atoms with Gasteiger partial charge in [0.2, 0.25) is 6.41 Å². The normalized spacial score (nSPS) is 25.8. The lowest BCUT2D eigenvalue weighted by Gasteiger charge is -2.37. The Morgan fingerprint density at radius 3 is 2.83 bits per heavy atom. The molecule has 1 fully saturated rings. The fourth-order valence-corrected chi connectivity index (χ4v) is 1.55. The largest absolute Gasteiger partial charge is 0.395 e. The lowest BCUT2D eigenvalue weighted by Crippen LogP contribution is -2.51. The van der Waals surface area contributed by atoms with E-state index in [-0.39, 0.29) is 12.6 Å². The molecule has 1 atom stereocenters. The second-order valence-electron chi connectivity index (χ2n) is 3.22. The fraction of sp³-hybridized carbons (Fsp3) is 0.875. The molecular formula is C8H16N2O2. The van der Waals surface area contributed by atoms with Crippen molar-refractivity contribution in [2.75, 3.05) is 32.8 Å². The Kier molecular flexibility index (Phi) is 3.49. The molecule has 0 radical (unpaired) electrons. The highest BCUT2D eigenvalue weighted by Gasteiger charge is 2.21. The van der Waals surface area contributed by atoms with Crippen LogP contribution in [0.2, 0.25) is 0 Å². The number of aliphatic hydroxyl groups excluding tert-OH is 1. The van der Waals surface area contributed by atoms with Gasteiger partial charge in [0.25, 0.3) is 0 Å². The van der Waals surface area contributed by atoms with Gasteiger partial charge in [-0.2, -0.15) is 0 Å². The first-order valence-electron chi connectivity index (χ1n) is 4.32. The maximum Gasteiger partial charge on any atom is 0.210 e. The van der Waals surface area contributed by atoms with Crippen molar-refractivity contribution in [3.8, 4) is 0 Å². The Labute approximate surface area is 72.8 Å². The van der Waals surface area contributed by atoms with E-state index in [0.717, 1.165) is 32.6 Å². The maximum absolute atomic E-state index is 10.5. The Bertz CT molecular complexity index is 152. The summed E-state index contributed by atoms with van der Waals surface area (Å²) in [7, 11) is 0. The quantitative estimate of drug-likeness (QED) is 0.563. The lowest BCUT2D eigenvalue weighted by atomic mass is 10.2. The molecule has 0 aliphatic carbocycles. The van der Waals surface area contributed by atoms with Crippen molar-refractivity contribution in [3.05, 3.63) is 0 Å². The van der Waals surface area contributed by atoms with Crippen molar-refractivity contribution in [1.82, 2.24) is 9.80 Å². The molecule has 1 heterocycles. The molecule has 1 rings (SSSR count). The molecule has 1 amide bonds. The molecule has 1 aliphatic rings.